The van der Waals surface area contributed by atoms with Crippen LogP contribution in [-0.2, 0) is 6.54 Å². The van der Waals surface area contributed by atoms with Gasteiger partial charge in [-0.25, -0.2) is 4.39 Å². The van der Waals surface area contributed by atoms with Crippen molar-refractivity contribution in [2.24, 2.45) is 0 Å². The van der Waals surface area contributed by atoms with Crippen LogP contribution < -0.4 is 10.2 Å². The second-order valence-electron chi connectivity index (χ2n) is 4.18. The molecular weight excluding hydrogens is 215 g/mol. The number of hydrogen-bond donors (Lipinski definition) is 1. The molecule has 0 aliphatic carbocycles. The Morgan fingerprint density at radius 1 is 1.06 bits per heavy atom. The molecule has 2 nitrogen and oxygen atoms in total. The number of anilines is 2. The van der Waals surface area contributed by atoms with E-state index in [-0.39, 0.29) is 5.82 Å². The van der Waals surface area contributed by atoms with Crippen LogP contribution in [0.2, 0.25) is 0 Å². The minimum Gasteiger partial charge on any atom is -0.366 e. The molecule has 0 fully saturated rings. The molecule has 1 N–H and O–H groups in total. The van der Waals surface area contributed by atoms with E-state index in [1.165, 1.54) is 17.8 Å². The van der Waals surface area contributed by atoms with Gasteiger partial charge in [0.25, 0.3) is 0 Å². The van der Waals surface area contributed by atoms with Crippen LogP contribution in [0.3, 0.4) is 0 Å². The summed E-state index contributed by atoms with van der Waals surface area (Å²) >= 11 is 0. The van der Waals surface area contributed by atoms with E-state index in [0.717, 1.165) is 24.5 Å². The molecule has 3 rings (SSSR count). The van der Waals surface area contributed by atoms with E-state index < -0.39 is 0 Å². The van der Waals surface area contributed by atoms with Crippen molar-refractivity contribution in [2.75, 3.05) is 16.9 Å². The first-order chi connectivity index (χ1) is 8.33. The summed E-state index contributed by atoms with van der Waals surface area (Å²) in [6, 6.07) is 14.9. The maximum atomic E-state index is 12.8. The molecule has 0 unspecified atom stereocenters. The summed E-state index contributed by atoms with van der Waals surface area (Å²) in [6.07, 6.45) is 0. The van der Waals surface area contributed by atoms with E-state index in [4.69, 9.17) is 0 Å². The average Bonchev–Trinajstić information content (AvgIpc) is 2.76. The molecule has 0 bridgehead atoms. The molecule has 86 valence electrons. The predicted octanol–water partition coefficient (Wildman–Crippen LogP) is 3.22. The number of rotatable bonds is 2. The highest BCUT2D eigenvalue weighted by molar-refractivity contribution is 5.74. The molecule has 3 heteroatoms. The Morgan fingerprint density at radius 3 is 2.65 bits per heavy atom. The standard InChI is InChI=1S/C14H13FN2/c15-12-7-5-11(6-8-12)9-17-10-16-13-3-1-2-4-14(13)17/h1-8,16H,9-10H2. The van der Waals surface area contributed by atoms with Crippen molar-refractivity contribution >= 4 is 11.4 Å². The van der Waals surface area contributed by atoms with Crippen molar-refractivity contribution in [3.05, 3.63) is 59.9 Å². The minimum atomic E-state index is -0.186. The van der Waals surface area contributed by atoms with Crippen LogP contribution in [0.4, 0.5) is 15.8 Å². The van der Waals surface area contributed by atoms with Gasteiger partial charge in [0.15, 0.2) is 0 Å². The molecule has 0 saturated heterocycles. The summed E-state index contributed by atoms with van der Waals surface area (Å²) < 4.78 is 12.8. The van der Waals surface area contributed by atoms with Crippen LogP contribution in [0.1, 0.15) is 5.56 Å². The van der Waals surface area contributed by atoms with Crippen LogP contribution in [0.5, 0.6) is 0 Å². The Labute approximate surface area is 99.7 Å². The van der Waals surface area contributed by atoms with E-state index in [1.807, 2.05) is 24.3 Å². The molecule has 2 aromatic rings. The van der Waals surface area contributed by atoms with Crippen molar-refractivity contribution in [2.45, 2.75) is 6.54 Å². The first kappa shape index (κ1) is 10.1. The summed E-state index contributed by atoms with van der Waals surface area (Å²) in [5, 5.41) is 3.33. The van der Waals surface area contributed by atoms with Gasteiger partial charge in [0.05, 0.1) is 18.0 Å². The number of fused-ring (bicyclic) bond motifs is 1. The summed E-state index contributed by atoms with van der Waals surface area (Å²) in [5.74, 6) is -0.186. The molecule has 0 radical (unpaired) electrons. The second-order valence-corrected chi connectivity index (χ2v) is 4.18. The molecule has 0 aromatic heterocycles. The first-order valence-electron chi connectivity index (χ1n) is 5.65. The molecule has 0 atom stereocenters. The quantitative estimate of drug-likeness (QED) is 0.849. The lowest BCUT2D eigenvalue weighted by Crippen LogP contribution is -2.21. The number of benzene rings is 2. The van der Waals surface area contributed by atoms with Gasteiger partial charge in [0, 0.05) is 6.54 Å². The number of para-hydroxylation sites is 2. The maximum absolute atomic E-state index is 12.8. The van der Waals surface area contributed by atoms with Gasteiger partial charge >= 0.3 is 0 Å². The van der Waals surface area contributed by atoms with Gasteiger partial charge in [-0.3, -0.25) is 0 Å². The highest BCUT2D eigenvalue weighted by Crippen LogP contribution is 2.31. The fraction of sp³-hybridized carbons (Fsp3) is 0.143. The lowest BCUT2D eigenvalue weighted by atomic mass is 10.2. The summed E-state index contributed by atoms with van der Waals surface area (Å²) in [5.41, 5.74) is 3.48. The Kier molecular flexibility index (Phi) is 2.44. The van der Waals surface area contributed by atoms with E-state index >= 15 is 0 Å². The highest BCUT2D eigenvalue weighted by Gasteiger charge is 2.17. The lowest BCUT2D eigenvalue weighted by molar-refractivity contribution is 0.627. The fourth-order valence-electron chi connectivity index (χ4n) is 2.12. The molecule has 0 spiro atoms. The molecule has 0 saturated carbocycles. The molecule has 2 aromatic carbocycles. The van der Waals surface area contributed by atoms with Crippen LogP contribution in [0, 0.1) is 5.82 Å². The third-order valence-corrected chi connectivity index (χ3v) is 2.99. The van der Waals surface area contributed by atoms with Crippen molar-refractivity contribution in [3.8, 4) is 0 Å². The monoisotopic (exact) mass is 228 g/mol. The summed E-state index contributed by atoms with van der Waals surface area (Å²) in [6.45, 7) is 1.60. The van der Waals surface area contributed by atoms with Crippen LogP contribution in [0.25, 0.3) is 0 Å². The van der Waals surface area contributed by atoms with E-state index in [0.29, 0.717) is 0 Å². The van der Waals surface area contributed by atoms with Crippen LogP contribution >= 0.6 is 0 Å². The third-order valence-electron chi connectivity index (χ3n) is 2.99. The molecule has 17 heavy (non-hydrogen) atoms. The van der Waals surface area contributed by atoms with Crippen molar-refractivity contribution in [1.29, 1.82) is 0 Å². The Morgan fingerprint density at radius 2 is 1.82 bits per heavy atom. The van der Waals surface area contributed by atoms with Gasteiger partial charge in [-0.2, -0.15) is 0 Å². The zero-order valence-electron chi connectivity index (χ0n) is 9.36. The zero-order chi connectivity index (χ0) is 11.7. The lowest BCUT2D eigenvalue weighted by Gasteiger charge is -2.17. The normalized spacial score (nSPS) is 13.4. The maximum Gasteiger partial charge on any atom is 0.123 e. The van der Waals surface area contributed by atoms with E-state index in [2.05, 4.69) is 22.3 Å². The van der Waals surface area contributed by atoms with Gasteiger partial charge in [-0.15, -0.1) is 0 Å². The SMILES string of the molecule is Fc1ccc(CN2CNc3ccccc32)cc1. The van der Waals surface area contributed by atoms with Crippen molar-refractivity contribution < 1.29 is 4.39 Å². The van der Waals surface area contributed by atoms with E-state index in [1.54, 1.807) is 0 Å². The van der Waals surface area contributed by atoms with Gasteiger partial charge in [-0.05, 0) is 29.8 Å². The van der Waals surface area contributed by atoms with Gasteiger partial charge < -0.3 is 10.2 Å². The van der Waals surface area contributed by atoms with Crippen LogP contribution in [-0.4, -0.2) is 6.67 Å². The fourth-order valence-corrected chi connectivity index (χ4v) is 2.12. The van der Waals surface area contributed by atoms with Gasteiger partial charge in [-0.1, -0.05) is 24.3 Å². The molecular formula is C14H13FN2. The topological polar surface area (TPSA) is 15.3 Å². The number of halogens is 1. The smallest absolute Gasteiger partial charge is 0.123 e. The van der Waals surface area contributed by atoms with E-state index in [9.17, 15) is 4.39 Å². The second kappa shape index (κ2) is 4.09. The number of nitrogens with one attached hydrogen (secondary N) is 1. The first-order valence-corrected chi connectivity index (χ1v) is 5.65. The summed E-state index contributed by atoms with van der Waals surface area (Å²) in [7, 11) is 0. The largest absolute Gasteiger partial charge is 0.366 e. The Bertz CT molecular complexity index is 522. The number of hydrogen-bond acceptors (Lipinski definition) is 2. The van der Waals surface area contributed by atoms with Gasteiger partial charge in [0.1, 0.15) is 5.82 Å². The number of nitrogens with zero attached hydrogens (tertiary/aromatic N) is 1. The highest BCUT2D eigenvalue weighted by atomic mass is 19.1. The Balaban J connectivity index is 1.81. The molecule has 1 aliphatic rings. The third kappa shape index (κ3) is 1.96. The molecule has 1 heterocycles. The minimum absolute atomic E-state index is 0.186. The van der Waals surface area contributed by atoms with Gasteiger partial charge in [0.2, 0.25) is 0 Å². The Hall–Kier alpha value is -2.03. The average molecular weight is 228 g/mol. The zero-order valence-corrected chi connectivity index (χ0v) is 9.36. The summed E-state index contributed by atoms with van der Waals surface area (Å²) in [4.78, 5) is 2.24. The van der Waals surface area contributed by atoms with Crippen LogP contribution in [0.15, 0.2) is 48.5 Å². The molecule has 1 aliphatic heterocycles. The van der Waals surface area contributed by atoms with Crippen molar-refractivity contribution in [3.63, 3.8) is 0 Å². The predicted molar refractivity (Wildman–Crippen MR) is 67.5 cm³/mol. The molecule has 0 amide bonds. The van der Waals surface area contributed by atoms with Crippen molar-refractivity contribution in [1.82, 2.24) is 0 Å².